The maximum atomic E-state index is 11.7. The Labute approximate surface area is 129 Å². The minimum Gasteiger partial charge on any atom is -0.396 e. The van der Waals surface area contributed by atoms with Gasteiger partial charge in [0.2, 0.25) is 0 Å². The van der Waals surface area contributed by atoms with Gasteiger partial charge < -0.3 is 10.6 Å². The number of thioether (sulfide) groups is 1. The lowest BCUT2D eigenvalue weighted by atomic mass is 9.85. The Kier molecular flexibility index (Phi) is 4.69. The van der Waals surface area contributed by atoms with Crippen LogP contribution in [0.1, 0.15) is 49.7 Å². The van der Waals surface area contributed by atoms with Crippen LogP contribution < -0.4 is 10.6 Å². The number of nitrogens with two attached hydrogens (primary N) is 1. The number of hydrogen-bond donors (Lipinski definition) is 1. The molecule has 20 heavy (non-hydrogen) atoms. The first-order chi connectivity index (χ1) is 9.35. The van der Waals surface area contributed by atoms with Crippen molar-refractivity contribution >= 4 is 39.6 Å². The van der Waals surface area contributed by atoms with Crippen LogP contribution in [-0.4, -0.2) is 25.1 Å². The fourth-order valence-electron chi connectivity index (χ4n) is 2.71. The zero-order valence-electron chi connectivity index (χ0n) is 12.8. The number of thiophene rings is 1. The number of rotatable bonds is 3. The molecule has 1 aliphatic rings. The van der Waals surface area contributed by atoms with Gasteiger partial charge in [-0.1, -0.05) is 13.8 Å². The van der Waals surface area contributed by atoms with Gasteiger partial charge in [-0.3, -0.25) is 4.79 Å². The second kappa shape index (κ2) is 5.98. The molecule has 0 radical (unpaired) electrons. The highest BCUT2D eigenvalue weighted by atomic mass is 32.2. The normalized spacial score (nSPS) is 18.9. The molecule has 0 saturated carbocycles. The fourth-order valence-corrected chi connectivity index (χ4v) is 4.84. The number of hydrogen-bond acceptors (Lipinski definition) is 5. The molecule has 3 nitrogen and oxygen atoms in total. The SMILES string of the molecule is CSc1c(N2CCCC(C)(C)CC2)sc(C(C)=O)c1N. The molecule has 0 aliphatic carbocycles. The van der Waals surface area contributed by atoms with Crippen LogP contribution in [0.5, 0.6) is 0 Å². The third-order valence-electron chi connectivity index (χ3n) is 4.03. The summed E-state index contributed by atoms with van der Waals surface area (Å²) in [6.07, 6.45) is 5.69. The fraction of sp³-hybridized carbons (Fsp3) is 0.667. The van der Waals surface area contributed by atoms with Crippen molar-refractivity contribution in [2.45, 2.75) is 44.9 Å². The predicted molar refractivity (Wildman–Crippen MR) is 90.4 cm³/mol. The second-order valence-corrected chi connectivity index (χ2v) is 8.06. The Bertz CT molecular complexity index is 508. The van der Waals surface area contributed by atoms with Crippen molar-refractivity contribution in [1.82, 2.24) is 0 Å². The average molecular weight is 313 g/mol. The lowest BCUT2D eigenvalue weighted by Crippen LogP contribution is -2.24. The Morgan fingerprint density at radius 3 is 2.65 bits per heavy atom. The second-order valence-electron chi connectivity index (χ2n) is 6.24. The predicted octanol–water partition coefficient (Wildman–Crippen LogP) is 4.27. The van der Waals surface area contributed by atoms with Crippen LogP contribution in [0.2, 0.25) is 0 Å². The topological polar surface area (TPSA) is 46.3 Å². The van der Waals surface area contributed by atoms with E-state index in [1.807, 2.05) is 6.26 Å². The molecule has 1 aromatic rings. The number of ketones is 1. The largest absolute Gasteiger partial charge is 0.396 e. The highest BCUT2D eigenvalue weighted by Gasteiger charge is 2.27. The average Bonchev–Trinajstić information content (AvgIpc) is 2.59. The summed E-state index contributed by atoms with van der Waals surface area (Å²) in [6, 6.07) is 0. The van der Waals surface area contributed by atoms with E-state index in [1.165, 1.54) is 24.3 Å². The molecular weight excluding hydrogens is 288 g/mol. The Morgan fingerprint density at radius 2 is 2.05 bits per heavy atom. The van der Waals surface area contributed by atoms with Crippen molar-refractivity contribution in [1.29, 1.82) is 0 Å². The van der Waals surface area contributed by atoms with E-state index in [1.54, 1.807) is 30.0 Å². The first-order valence-corrected chi connectivity index (χ1v) is 9.12. The molecule has 0 unspecified atom stereocenters. The van der Waals surface area contributed by atoms with E-state index in [0.29, 0.717) is 16.0 Å². The van der Waals surface area contributed by atoms with Crippen LogP contribution in [0.3, 0.4) is 0 Å². The maximum absolute atomic E-state index is 11.7. The molecular formula is C15H24N2OS2. The Balaban J connectivity index is 2.32. The molecule has 112 valence electrons. The molecule has 1 saturated heterocycles. The van der Waals surface area contributed by atoms with Crippen molar-refractivity contribution in [2.75, 3.05) is 30.0 Å². The van der Waals surface area contributed by atoms with E-state index in [0.717, 1.165) is 18.0 Å². The van der Waals surface area contributed by atoms with Gasteiger partial charge in [0.15, 0.2) is 5.78 Å². The van der Waals surface area contributed by atoms with Crippen molar-refractivity contribution in [3.63, 3.8) is 0 Å². The highest BCUT2D eigenvalue weighted by Crippen LogP contribution is 2.45. The summed E-state index contributed by atoms with van der Waals surface area (Å²) in [4.78, 5) is 15.9. The molecule has 0 atom stereocenters. The van der Waals surface area contributed by atoms with E-state index in [2.05, 4.69) is 18.7 Å². The number of Topliss-reactive ketones (excluding diaryl/α,β-unsaturated/α-hetero) is 1. The maximum Gasteiger partial charge on any atom is 0.171 e. The smallest absolute Gasteiger partial charge is 0.171 e. The summed E-state index contributed by atoms with van der Waals surface area (Å²) in [5.74, 6) is 0.0733. The summed E-state index contributed by atoms with van der Waals surface area (Å²) < 4.78 is 0. The lowest BCUT2D eigenvalue weighted by molar-refractivity contribution is 0.102. The van der Waals surface area contributed by atoms with Crippen molar-refractivity contribution in [3.8, 4) is 0 Å². The van der Waals surface area contributed by atoms with Gasteiger partial charge in [-0.2, -0.15) is 0 Å². The minimum absolute atomic E-state index is 0.0733. The molecule has 0 aromatic carbocycles. The molecule has 1 fully saturated rings. The van der Waals surface area contributed by atoms with Crippen LogP contribution in [0.25, 0.3) is 0 Å². The summed E-state index contributed by atoms with van der Waals surface area (Å²) in [5.41, 5.74) is 7.25. The molecule has 0 amide bonds. The van der Waals surface area contributed by atoms with Crippen LogP contribution >= 0.6 is 23.1 Å². The van der Waals surface area contributed by atoms with Crippen LogP contribution in [-0.2, 0) is 0 Å². The van der Waals surface area contributed by atoms with Gasteiger partial charge in [0.1, 0.15) is 5.00 Å². The van der Waals surface area contributed by atoms with Gasteiger partial charge in [0.25, 0.3) is 0 Å². The standard InChI is InChI=1S/C15H24N2OS2/c1-10(18)12-11(16)13(19-4)14(20-12)17-8-5-6-15(2,3)7-9-17/h5-9,16H2,1-4H3. The van der Waals surface area contributed by atoms with Gasteiger partial charge in [-0.05, 0) is 30.9 Å². The van der Waals surface area contributed by atoms with Crippen LogP contribution in [0.4, 0.5) is 10.7 Å². The van der Waals surface area contributed by atoms with Gasteiger partial charge in [-0.15, -0.1) is 23.1 Å². The minimum atomic E-state index is 0.0733. The van der Waals surface area contributed by atoms with Gasteiger partial charge in [0, 0.05) is 20.0 Å². The van der Waals surface area contributed by atoms with Gasteiger partial charge in [-0.25, -0.2) is 0 Å². The summed E-state index contributed by atoms with van der Waals surface area (Å²) in [5, 5.41) is 1.19. The van der Waals surface area contributed by atoms with E-state index < -0.39 is 0 Å². The van der Waals surface area contributed by atoms with E-state index in [-0.39, 0.29) is 5.78 Å². The Hall–Kier alpha value is -0.680. The van der Waals surface area contributed by atoms with Gasteiger partial charge >= 0.3 is 0 Å². The number of carbonyl (C=O) groups excluding carboxylic acids is 1. The molecule has 2 rings (SSSR count). The van der Waals surface area contributed by atoms with Crippen molar-refractivity contribution < 1.29 is 4.79 Å². The van der Waals surface area contributed by atoms with Crippen LogP contribution in [0.15, 0.2) is 4.90 Å². The van der Waals surface area contributed by atoms with Crippen molar-refractivity contribution in [3.05, 3.63) is 4.88 Å². The number of nitrogen functional groups attached to an aromatic ring is 1. The van der Waals surface area contributed by atoms with E-state index in [9.17, 15) is 4.79 Å². The summed E-state index contributed by atoms with van der Waals surface area (Å²) in [7, 11) is 0. The zero-order chi connectivity index (χ0) is 14.9. The molecule has 2 heterocycles. The molecule has 2 N–H and O–H groups in total. The molecule has 1 aromatic heterocycles. The third-order valence-corrected chi connectivity index (χ3v) is 6.35. The quantitative estimate of drug-likeness (QED) is 0.669. The number of carbonyl (C=O) groups is 1. The Morgan fingerprint density at radius 1 is 1.35 bits per heavy atom. The van der Waals surface area contributed by atoms with E-state index in [4.69, 9.17) is 5.73 Å². The van der Waals surface area contributed by atoms with Gasteiger partial charge in [0.05, 0.1) is 15.5 Å². The molecule has 5 heteroatoms. The lowest BCUT2D eigenvalue weighted by Gasteiger charge is -2.24. The van der Waals surface area contributed by atoms with Crippen molar-refractivity contribution in [2.24, 2.45) is 5.41 Å². The molecule has 0 spiro atoms. The highest BCUT2D eigenvalue weighted by molar-refractivity contribution is 7.99. The third kappa shape index (κ3) is 3.14. The summed E-state index contributed by atoms with van der Waals surface area (Å²) in [6.45, 7) is 8.40. The molecule has 0 bridgehead atoms. The van der Waals surface area contributed by atoms with E-state index >= 15 is 0 Å². The first-order valence-electron chi connectivity index (χ1n) is 7.08. The summed E-state index contributed by atoms with van der Waals surface area (Å²) >= 11 is 3.22. The zero-order valence-corrected chi connectivity index (χ0v) is 14.4. The van der Waals surface area contributed by atoms with Crippen LogP contribution in [0, 0.1) is 5.41 Å². The number of anilines is 2. The monoisotopic (exact) mass is 312 g/mol. The first kappa shape index (κ1) is 15.7. The molecule has 1 aliphatic heterocycles. The number of nitrogens with zero attached hydrogens (tertiary/aromatic N) is 1.